The minimum Gasteiger partial charge on any atom is -0.311 e. The van der Waals surface area contributed by atoms with Crippen LogP contribution in [0.15, 0.2) is 0 Å². The third kappa shape index (κ3) is 3.73. The van der Waals surface area contributed by atoms with E-state index in [-0.39, 0.29) is 0 Å². The van der Waals surface area contributed by atoms with E-state index in [2.05, 4.69) is 24.3 Å². The summed E-state index contributed by atoms with van der Waals surface area (Å²) in [6.45, 7) is 6.40. The van der Waals surface area contributed by atoms with Crippen molar-refractivity contribution in [1.82, 2.24) is 15.1 Å². The van der Waals surface area contributed by atoms with Gasteiger partial charge in [0.15, 0.2) is 0 Å². The lowest BCUT2D eigenvalue weighted by Gasteiger charge is -2.26. The first kappa shape index (κ1) is 14.9. The first-order chi connectivity index (χ1) is 9.11. The molecule has 2 rings (SSSR count). The SMILES string of the molecule is CCc1nn(C)c(CNCC2CCCC(C)C2)c1Cl. The minimum atomic E-state index is 0.827. The van der Waals surface area contributed by atoms with Crippen molar-refractivity contribution in [3.63, 3.8) is 0 Å². The molecule has 108 valence electrons. The van der Waals surface area contributed by atoms with Crippen LogP contribution in [0.5, 0.6) is 0 Å². The fourth-order valence-corrected chi connectivity index (χ4v) is 3.51. The van der Waals surface area contributed by atoms with Gasteiger partial charge in [0.1, 0.15) is 0 Å². The van der Waals surface area contributed by atoms with Crippen LogP contribution in [0.4, 0.5) is 0 Å². The molecular weight excluding hydrogens is 258 g/mol. The number of nitrogens with one attached hydrogen (secondary N) is 1. The summed E-state index contributed by atoms with van der Waals surface area (Å²) in [5.41, 5.74) is 2.12. The van der Waals surface area contributed by atoms with Gasteiger partial charge in [0.2, 0.25) is 0 Å². The molecule has 0 aromatic carbocycles. The number of nitrogens with zero attached hydrogens (tertiary/aromatic N) is 2. The van der Waals surface area contributed by atoms with Crippen LogP contribution in [0.25, 0.3) is 0 Å². The number of aromatic nitrogens is 2. The molecule has 1 saturated carbocycles. The lowest BCUT2D eigenvalue weighted by atomic mass is 9.82. The summed E-state index contributed by atoms with van der Waals surface area (Å²) in [4.78, 5) is 0. The Bertz CT molecular complexity index is 414. The standard InChI is InChI=1S/C15H26ClN3/c1-4-13-15(16)14(19(3)18-13)10-17-9-12-7-5-6-11(2)8-12/h11-12,17H,4-10H2,1-3H3. The van der Waals surface area contributed by atoms with Gasteiger partial charge in [0.05, 0.1) is 16.4 Å². The lowest BCUT2D eigenvalue weighted by molar-refractivity contribution is 0.273. The number of halogens is 1. The maximum Gasteiger partial charge on any atom is 0.0863 e. The average Bonchev–Trinajstić information content (AvgIpc) is 2.66. The highest BCUT2D eigenvalue weighted by Crippen LogP contribution is 2.28. The molecule has 1 aromatic rings. The summed E-state index contributed by atoms with van der Waals surface area (Å²) in [5.74, 6) is 1.73. The van der Waals surface area contributed by atoms with Crippen molar-refractivity contribution in [2.45, 2.75) is 52.5 Å². The predicted molar refractivity (Wildman–Crippen MR) is 80.4 cm³/mol. The van der Waals surface area contributed by atoms with Crippen LogP contribution in [0.1, 0.15) is 50.9 Å². The first-order valence-electron chi connectivity index (χ1n) is 7.52. The molecule has 1 fully saturated rings. The molecule has 3 nitrogen and oxygen atoms in total. The topological polar surface area (TPSA) is 29.9 Å². The third-order valence-electron chi connectivity index (χ3n) is 4.27. The highest BCUT2D eigenvalue weighted by molar-refractivity contribution is 6.31. The summed E-state index contributed by atoms with van der Waals surface area (Å²) in [6, 6.07) is 0. The predicted octanol–water partition coefficient (Wildman–Crippen LogP) is 3.55. The molecule has 4 heteroatoms. The molecular formula is C15H26ClN3. The molecule has 2 atom stereocenters. The fraction of sp³-hybridized carbons (Fsp3) is 0.800. The first-order valence-corrected chi connectivity index (χ1v) is 7.90. The molecule has 2 unspecified atom stereocenters. The van der Waals surface area contributed by atoms with Gasteiger partial charge >= 0.3 is 0 Å². The van der Waals surface area contributed by atoms with Gasteiger partial charge < -0.3 is 5.32 Å². The van der Waals surface area contributed by atoms with Crippen LogP contribution in [-0.2, 0) is 20.0 Å². The number of rotatable bonds is 5. The van der Waals surface area contributed by atoms with Gasteiger partial charge in [0, 0.05) is 13.6 Å². The van der Waals surface area contributed by atoms with Gasteiger partial charge in [-0.2, -0.15) is 5.10 Å². The molecule has 1 heterocycles. The van der Waals surface area contributed by atoms with Crippen molar-refractivity contribution < 1.29 is 0 Å². The molecule has 0 bridgehead atoms. The number of hydrogen-bond donors (Lipinski definition) is 1. The Balaban J connectivity index is 1.84. The molecule has 1 aliphatic rings. The quantitative estimate of drug-likeness (QED) is 0.896. The Labute approximate surface area is 121 Å². The van der Waals surface area contributed by atoms with E-state index in [1.807, 2.05) is 11.7 Å². The van der Waals surface area contributed by atoms with Gasteiger partial charge in [-0.05, 0) is 37.6 Å². The van der Waals surface area contributed by atoms with Crippen LogP contribution in [0.2, 0.25) is 5.02 Å². The Morgan fingerprint density at radius 1 is 1.42 bits per heavy atom. The Morgan fingerprint density at radius 2 is 2.21 bits per heavy atom. The van der Waals surface area contributed by atoms with Crippen molar-refractivity contribution in [3.05, 3.63) is 16.4 Å². The largest absolute Gasteiger partial charge is 0.311 e. The van der Waals surface area contributed by atoms with E-state index in [1.54, 1.807) is 0 Å². The zero-order valence-corrected chi connectivity index (χ0v) is 13.1. The summed E-state index contributed by atoms with van der Waals surface area (Å²) in [6.07, 6.45) is 6.43. The normalized spacial score (nSPS) is 23.8. The van der Waals surface area contributed by atoms with Crippen molar-refractivity contribution in [1.29, 1.82) is 0 Å². The molecule has 0 spiro atoms. The molecule has 1 aliphatic carbocycles. The van der Waals surface area contributed by atoms with Gasteiger partial charge in [-0.25, -0.2) is 0 Å². The van der Waals surface area contributed by atoms with Crippen LogP contribution in [0.3, 0.4) is 0 Å². The Hall–Kier alpha value is -0.540. The minimum absolute atomic E-state index is 0.827. The molecule has 0 aliphatic heterocycles. The van der Waals surface area contributed by atoms with E-state index in [0.29, 0.717) is 0 Å². The zero-order chi connectivity index (χ0) is 13.8. The molecule has 0 amide bonds. The van der Waals surface area contributed by atoms with Crippen molar-refractivity contribution in [3.8, 4) is 0 Å². The third-order valence-corrected chi connectivity index (χ3v) is 4.71. The monoisotopic (exact) mass is 283 g/mol. The van der Waals surface area contributed by atoms with Crippen LogP contribution in [-0.4, -0.2) is 16.3 Å². The van der Waals surface area contributed by atoms with E-state index in [1.165, 1.54) is 25.7 Å². The molecule has 1 N–H and O–H groups in total. The van der Waals surface area contributed by atoms with Gasteiger partial charge in [0.25, 0.3) is 0 Å². The van der Waals surface area contributed by atoms with Gasteiger partial charge in [-0.1, -0.05) is 38.3 Å². The van der Waals surface area contributed by atoms with Gasteiger partial charge in [-0.15, -0.1) is 0 Å². The van der Waals surface area contributed by atoms with Crippen LogP contribution >= 0.6 is 11.6 Å². The second-order valence-corrected chi connectivity index (χ2v) is 6.33. The van der Waals surface area contributed by atoms with Crippen molar-refractivity contribution in [2.75, 3.05) is 6.54 Å². The lowest BCUT2D eigenvalue weighted by Crippen LogP contribution is -2.27. The smallest absolute Gasteiger partial charge is 0.0863 e. The van der Waals surface area contributed by atoms with E-state index in [4.69, 9.17) is 11.6 Å². The average molecular weight is 284 g/mol. The van der Waals surface area contributed by atoms with Crippen LogP contribution in [0, 0.1) is 11.8 Å². The number of hydrogen-bond acceptors (Lipinski definition) is 2. The molecule has 1 aromatic heterocycles. The Morgan fingerprint density at radius 3 is 2.84 bits per heavy atom. The maximum absolute atomic E-state index is 6.35. The summed E-state index contributed by atoms with van der Waals surface area (Å²) < 4.78 is 1.91. The molecule has 0 saturated heterocycles. The van der Waals surface area contributed by atoms with E-state index >= 15 is 0 Å². The summed E-state index contributed by atoms with van der Waals surface area (Å²) >= 11 is 6.35. The fourth-order valence-electron chi connectivity index (χ4n) is 3.15. The van der Waals surface area contributed by atoms with E-state index in [9.17, 15) is 0 Å². The molecule has 0 radical (unpaired) electrons. The molecule has 19 heavy (non-hydrogen) atoms. The number of aryl methyl sites for hydroxylation is 2. The van der Waals surface area contributed by atoms with Crippen molar-refractivity contribution in [2.24, 2.45) is 18.9 Å². The van der Waals surface area contributed by atoms with Gasteiger partial charge in [-0.3, -0.25) is 4.68 Å². The second-order valence-electron chi connectivity index (χ2n) is 5.95. The second kappa shape index (κ2) is 6.76. The summed E-state index contributed by atoms with van der Waals surface area (Å²) in [5, 5.41) is 8.86. The maximum atomic E-state index is 6.35. The van der Waals surface area contributed by atoms with E-state index in [0.717, 1.165) is 47.8 Å². The Kier molecular flexibility index (Phi) is 5.28. The van der Waals surface area contributed by atoms with Crippen LogP contribution < -0.4 is 5.32 Å². The van der Waals surface area contributed by atoms with E-state index < -0.39 is 0 Å². The zero-order valence-electron chi connectivity index (χ0n) is 12.4. The summed E-state index contributed by atoms with van der Waals surface area (Å²) in [7, 11) is 1.98. The highest BCUT2D eigenvalue weighted by atomic mass is 35.5. The van der Waals surface area contributed by atoms with Crippen molar-refractivity contribution >= 4 is 11.6 Å². The highest BCUT2D eigenvalue weighted by Gasteiger charge is 2.19.